The van der Waals surface area contributed by atoms with Gasteiger partial charge in [-0.25, -0.2) is 4.99 Å². The molecule has 0 radical (unpaired) electrons. The van der Waals surface area contributed by atoms with Gasteiger partial charge in [-0.3, -0.25) is 9.36 Å². The zero-order chi connectivity index (χ0) is 26.4. The van der Waals surface area contributed by atoms with Crippen LogP contribution in [0.5, 0.6) is 11.5 Å². The van der Waals surface area contributed by atoms with Crippen LogP contribution in [0.25, 0.3) is 11.8 Å². The number of para-hydroxylation sites is 1. The monoisotopic (exact) mass is 746 g/mol. The molecule has 2 heterocycles. The Morgan fingerprint density at radius 1 is 1.08 bits per heavy atom. The molecule has 0 unspecified atom stereocenters. The number of thiazole rings is 1. The van der Waals surface area contributed by atoms with E-state index < -0.39 is 0 Å². The van der Waals surface area contributed by atoms with E-state index in [2.05, 4.69) is 87.6 Å². The Kier molecular flexibility index (Phi) is 7.21. The highest BCUT2D eigenvalue weighted by Gasteiger charge is 2.34. The van der Waals surface area contributed by atoms with Crippen LogP contribution in [0.15, 0.2) is 76.0 Å². The average molecular weight is 746 g/mol. The third kappa shape index (κ3) is 4.44. The minimum Gasteiger partial charge on any atom is -0.496 e. The molecule has 2 aliphatic rings. The third-order valence-corrected chi connectivity index (χ3v) is 9.50. The van der Waals surface area contributed by atoms with Crippen LogP contribution < -0.4 is 24.4 Å². The summed E-state index contributed by atoms with van der Waals surface area (Å²) in [6.45, 7) is 2.59. The van der Waals surface area contributed by atoms with E-state index in [4.69, 9.17) is 14.5 Å². The Bertz CT molecular complexity index is 1760. The first-order valence-electron chi connectivity index (χ1n) is 12.4. The molecule has 4 aromatic rings. The summed E-state index contributed by atoms with van der Waals surface area (Å²) in [5.41, 5.74) is 6.52. The summed E-state index contributed by atoms with van der Waals surface area (Å²) in [6.07, 6.45) is 3.74. The van der Waals surface area contributed by atoms with Crippen molar-refractivity contribution in [3.05, 3.63) is 115 Å². The first-order chi connectivity index (χ1) is 18.5. The van der Waals surface area contributed by atoms with Gasteiger partial charge in [0.1, 0.15) is 11.5 Å². The number of fused-ring (bicyclic) bond motifs is 3. The number of methoxy groups -OCH3 is 1. The van der Waals surface area contributed by atoms with Gasteiger partial charge in [-0.15, -0.1) is 0 Å². The number of ether oxygens (including phenoxy) is 2. The predicted octanol–water partition coefficient (Wildman–Crippen LogP) is 5.94. The van der Waals surface area contributed by atoms with E-state index in [-0.39, 0.29) is 11.6 Å². The van der Waals surface area contributed by atoms with Gasteiger partial charge >= 0.3 is 0 Å². The molecule has 1 atom stereocenters. The summed E-state index contributed by atoms with van der Waals surface area (Å²) in [7, 11) is 1.68. The summed E-state index contributed by atoms with van der Waals surface area (Å²) in [5, 5.41) is 0. The number of nitrogens with zero attached hydrogens (tertiary/aromatic N) is 2. The highest BCUT2D eigenvalue weighted by molar-refractivity contribution is 14.1. The molecule has 1 aliphatic heterocycles. The normalized spacial score (nSPS) is 16.4. The van der Waals surface area contributed by atoms with Crippen molar-refractivity contribution in [2.45, 2.75) is 25.8 Å². The summed E-state index contributed by atoms with van der Waals surface area (Å²) in [5.74, 6) is 1.66. The molecule has 5 nitrogen and oxygen atoms in total. The second-order valence-electron chi connectivity index (χ2n) is 9.10. The van der Waals surface area contributed by atoms with Crippen LogP contribution in [-0.2, 0) is 6.42 Å². The molecule has 192 valence electrons. The van der Waals surface area contributed by atoms with Crippen LogP contribution in [-0.4, -0.2) is 18.3 Å². The molecule has 0 saturated heterocycles. The zero-order valence-electron chi connectivity index (χ0n) is 20.8. The van der Waals surface area contributed by atoms with E-state index in [9.17, 15) is 4.79 Å². The molecule has 0 N–H and O–H groups in total. The van der Waals surface area contributed by atoms with Gasteiger partial charge < -0.3 is 9.47 Å². The van der Waals surface area contributed by atoms with Crippen molar-refractivity contribution in [1.29, 1.82) is 0 Å². The number of hydrogen-bond acceptors (Lipinski definition) is 5. The largest absolute Gasteiger partial charge is 0.496 e. The maximum atomic E-state index is 14.1. The van der Waals surface area contributed by atoms with E-state index in [1.807, 2.05) is 35.8 Å². The van der Waals surface area contributed by atoms with Crippen LogP contribution >= 0.6 is 56.5 Å². The van der Waals surface area contributed by atoms with Crippen molar-refractivity contribution in [3.8, 4) is 11.5 Å². The molecular formula is C30H24I2N2O3S. The fourth-order valence-electron chi connectivity index (χ4n) is 5.29. The van der Waals surface area contributed by atoms with Crippen molar-refractivity contribution in [1.82, 2.24) is 4.57 Å². The number of aromatic nitrogens is 1. The van der Waals surface area contributed by atoms with Gasteiger partial charge in [0.15, 0.2) is 4.80 Å². The van der Waals surface area contributed by atoms with Crippen molar-refractivity contribution in [2.24, 2.45) is 4.99 Å². The first kappa shape index (κ1) is 25.8. The maximum absolute atomic E-state index is 14.1. The first-order valence-corrected chi connectivity index (χ1v) is 15.4. The second-order valence-corrected chi connectivity index (χ2v) is 12.4. The average Bonchev–Trinajstić information content (AvgIpc) is 3.23. The number of hydrogen-bond donors (Lipinski definition) is 0. The van der Waals surface area contributed by atoms with Crippen molar-refractivity contribution in [3.63, 3.8) is 0 Å². The Hall–Kier alpha value is -2.44. The zero-order valence-corrected chi connectivity index (χ0v) is 26.0. The highest BCUT2D eigenvalue weighted by Crippen LogP contribution is 2.43. The SMILES string of the molecule is CCOc1c(I)cc(/C=c2/sc3n(c2=O)[C@H](c2ccccc2OC)C2=C(N=3)c3ccccc3CC2)cc1I. The smallest absolute Gasteiger partial charge is 0.271 e. The van der Waals surface area contributed by atoms with E-state index in [1.165, 1.54) is 16.9 Å². The minimum absolute atomic E-state index is 0.0334. The highest BCUT2D eigenvalue weighted by atomic mass is 127. The number of halogens is 2. The van der Waals surface area contributed by atoms with Gasteiger partial charge in [0, 0.05) is 11.1 Å². The van der Waals surface area contributed by atoms with E-state index in [1.54, 1.807) is 7.11 Å². The second kappa shape index (κ2) is 10.6. The lowest BCUT2D eigenvalue weighted by molar-refractivity contribution is 0.335. The Labute approximate surface area is 251 Å². The molecule has 1 aromatic heterocycles. The molecule has 1 aliphatic carbocycles. The van der Waals surface area contributed by atoms with Crippen LogP contribution in [0.1, 0.15) is 41.6 Å². The molecule has 38 heavy (non-hydrogen) atoms. The van der Waals surface area contributed by atoms with Crippen molar-refractivity contribution in [2.75, 3.05) is 13.7 Å². The Balaban J connectivity index is 1.60. The van der Waals surface area contributed by atoms with Crippen molar-refractivity contribution >= 4 is 68.3 Å². The van der Waals surface area contributed by atoms with E-state index >= 15 is 0 Å². The lowest BCUT2D eigenvalue weighted by atomic mass is 9.83. The molecule has 6 rings (SSSR count). The standard InChI is InChI=1S/C30H24I2N2O3S/c1-3-37-28-22(31)14-17(15-23(28)32)16-25-29(35)34-27(20-10-6-7-11-24(20)36-2)21-13-12-18-8-4-5-9-19(18)26(21)33-30(34)38-25/h4-11,14-16,27H,3,12-13H2,1-2H3/b25-16+/t27-/m1/s1. The quantitative estimate of drug-likeness (QED) is 0.238. The summed E-state index contributed by atoms with van der Waals surface area (Å²) in [6, 6.07) is 20.3. The Morgan fingerprint density at radius 3 is 2.58 bits per heavy atom. The van der Waals surface area contributed by atoms with E-state index in [0.717, 1.165) is 59.4 Å². The molecule has 0 fully saturated rings. The van der Waals surface area contributed by atoms with Crippen LogP contribution in [0.4, 0.5) is 0 Å². The van der Waals surface area contributed by atoms with Gasteiger partial charge in [-0.2, -0.15) is 0 Å². The molecule has 8 heteroatoms. The van der Waals surface area contributed by atoms with Crippen molar-refractivity contribution < 1.29 is 9.47 Å². The topological polar surface area (TPSA) is 52.8 Å². The van der Waals surface area contributed by atoms with Crippen LogP contribution in [0.3, 0.4) is 0 Å². The maximum Gasteiger partial charge on any atom is 0.271 e. The van der Waals surface area contributed by atoms with E-state index in [0.29, 0.717) is 15.9 Å². The number of aryl methyl sites for hydroxylation is 1. The lowest BCUT2D eigenvalue weighted by Gasteiger charge is -2.31. The summed E-state index contributed by atoms with van der Waals surface area (Å²) < 4.78 is 16.2. The molecule has 0 amide bonds. The minimum atomic E-state index is -0.270. The Morgan fingerprint density at radius 2 is 1.82 bits per heavy atom. The predicted molar refractivity (Wildman–Crippen MR) is 169 cm³/mol. The number of allylic oxidation sites excluding steroid dienone is 1. The van der Waals surface area contributed by atoms with Gasteiger partial charge in [0.05, 0.1) is 37.1 Å². The third-order valence-electron chi connectivity index (χ3n) is 6.91. The lowest BCUT2D eigenvalue weighted by Crippen LogP contribution is -2.39. The number of benzene rings is 3. The molecular weight excluding hydrogens is 722 g/mol. The molecule has 0 bridgehead atoms. The summed E-state index contributed by atoms with van der Waals surface area (Å²) in [4.78, 5) is 19.9. The van der Waals surface area contributed by atoms with Gasteiger partial charge in [0.25, 0.3) is 5.56 Å². The molecule has 0 spiro atoms. The molecule has 3 aromatic carbocycles. The number of rotatable bonds is 5. The van der Waals surface area contributed by atoms with Crippen LogP contribution in [0, 0.1) is 7.14 Å². The van der Waals surface area contributed by atoms with Gasteiger partial charge in [0.2, 0.25) is 0 Å². The summed E-state index contributed by atoms with van der Waals surface area (Å²) >= 11 is 6.03. The van der Waals surface area contributed by atoms with Gasteiger partial charge in [-0.1, -0.05) is 53.8 Å². The fourth-order valence-corrected chi connectivity index (χ4v) is 8.42. The fraction of sp³-hybridized carbons (Fsp3) is 0.200. The molecule has 0 saturated carbocycles. The van der Waals surface area contributed by atoms with Gasteiger partial charge in [-0.05, 0) is 106 Å². The van der Waals surface area contributed by atoms with Crippen LogP contribution in [0.2, 0.25) is 0 Å².